The summed E-state index contributed by atoms with van der Waals surface area (Å²) in [5, 5.41) is 18.3. The maximum absolute atomic E-state index is 13.4. The van der Waals surface area contributed by atoms with Crippen LogP contribution < -0.4 is 5.32 Å². The smallest absolute Gasteiger partial charge is 0.306 e. The second-order valence-electron chi connectivity index (χ2n) is 10.6. The number of carbonyl (C=O) groups is 2. The largest absolute Gasteiger partial charge is 0.481 e. The van der Waals surface area contributed by atoms with Crippen LogP contribution in [0.5, 0.6) is 0 Å². The van der Waals surface area contributed by atoms with Crippen molar-refractivity contribution in [2.45, 2.75) is 44.7 Å². The summed E-state index contributed by atoms with van der Waals surface area (Å²) in [6.45, 7) is 2.07. The number of carboxylic acids is 1. The Balaban J connectivity index is 1.23. The second-order valence-corrected chi connectivity index (χ2v) is 11.0. The first-order valence-corrected chi connectivity index (χ1v) is 13.1. The van der Waals surface area contributed by atoms with Gasteiger partial charge in [0.05, 0.1) is 34.3 Å². The summed E-state index contributed by atoms with van der Waals surface area (Å²) in [5.41, 5.74) is 4.74. The number of aromatic nitrogens is 2. The molecule has 37 heavy (non-hydrogen) atoms. The lowest BCUT2D eigenvalue weighted by atomic mass is 9.50. The summed E-state index contributed by atoms with van der Waals surface area (Å²) in [6, 6.07) is 22.1. The number of carbonyl (C=O) groups excluding carboxylic acids is 1. The average Bonchev–Trinajstić information content (AvgIpc) is 3.31. The molecule has 4 aromatic rings. The average molecular weight is 514 g/mol. The van der Waals surface area contributed by atoms with Crippen LogP contribution in [0.15, 0.2) is 72.9 Å². The molecule has 0 radical (unpaired) electrons. The minimum Gasteiger partial charge on any atom is -0.481 e. The van der Waals surface area contributed by atoms with Crippen LogP contribution in [0.1, 0.15) is 54.6 Å². The molecule has 6 rings (SSSR count). The van der Waals surface area contributed by atoms with Crippen molar-refractivity contribution in [3.8, 4) is 11.1 Å². The molecule has 2 fully saturated rings. The zero-order valence-corrected chi connectivity index (χ0v) is 21.3. The van der Waals surface area contributed by atoms with Crippen molar-refractivity contribution < 1.29 is 14.7 Å². The molecule has 1 heterocycles. The summed E-state index contributed by atoms with van der Waals surface area (Å²) in [4.78, 5) is 24.5. The minimum absolute atomic E-state index is 0.0623. The second kappa shape index (κ2) is 9.03. The summed E-state index contributed by atoms with van der Waals surface area (Å²) in [6.07, 6.45) is 4.83. The molecule has 7 heteroatoms. The van der Waals surface area contributed by atoms with E-state index < -0.39 is 5.97 Å². The Hall–Kier alpha value is -3.64. The van der Waals surface area contributed by atoms with Crippen molar-refractivity contribution in [3.05, 3.63) is 89.1 Å². The zero-order valence-electron chi connectivity index (χ0n) is 20.5. The van der Waals surface area contributed by atoms with Crippen LogP contribution >= 0.6 is 11.6 Å². The fourth-order valence-electron chi connectivity index (χ4n) is 6.18. The van der Waals surface area contributed by atoms with Gasteiger partial charge in [-0.25, -0.2) is 0 Å². The Kier molecular flexibility index (Phi) is 5.80. The molecule has 1 atom stereocenters. The van der Waals surface area contributed by atoms with E-state index in [-0.39, 0.29) is 29.3 Å². The maximum atomic E-state index is 13.4. The van der Waals surface area contributed by atoms with E-state index in [1.807, 2.05) is 22.9 Å². The monoisotopic (exact) mass is 513 g/mol. The molecular formula is C30H28ClN3O3. The molecule has 2 aliphatic carbocycles. The van der Waals surface area contributed by atoms with Crippen molar-refractivity contribution in [2.75, 3.05) is 0 Å². The molecule has 1 amide bonds. The van der Waals surface area contributed by atoms with Crippen LogP contribution in [0.2, 0.25) is 5.02 Å². The van der Waals surface area contributed by atoms with Gasteiger partial charge in [0.1, 0.15) is 0 Å². The van der Waals surface area contributed by atoms with Gasteiger partial charge in [-0.1, -0.05) is 66.2 Å². The number of fused-ring (bicyclic) bond motifs is 1. The Morgan fingerprint density at radius 2 is 1.68 bits per heavy atom. The number of hydrogen-bond donors (Lipinski definition) is 2. The van der Waals surface area contributed by atoms with Crippen molar-refractivity contribution in [1.29, 1.82) is 0 Å². The zero-order chi connectivity index (χ0) is 25.7. The molecule has 0 saturated heterocycles. The van der Waals surface area contributed by atoms with Crippen LogP contribution in [0.4, 0.5) is 0 Å². The van der Waals surface area contributed by atoms with E-state index in [2.05, 4.69) is 53.7 Å². The van der Waals surface area contributed by atoms with Crippen molar-refractivity contribution in [2.24, 2.45) is 11.3 Å². The lowest BCUT2D eigenvalue weighted by Gasteiger charge is -2.56. The molecule has 0 bridgehead atoms. The van der Waals surface area contributed by atoms with E-state index >= 15 is 0 Å². The predicted octanol–water partition coefficient (Wildman–Crippen LogP) is 6.34. The highest BCUT2D eigenvalue weighted by Gasteiger charge is 2.55. The number of rotatable bonds is 6. The van der Waals surface area contributed by atoms with Gasteiger partial charge in [0, 0.05) is 11.4 Å². The van der Waals surface area contributed by atoms with Gasteiger partial charge in [0.15, 0.2) is 0 Å². The van der Waals surface area contributed by atoms with E-state index in [9.17, 15) is 14.7 Å². The molecule has 188 valence electrons. The van der Waals surface area contributed by atoms with Gasteiger partial charge in [-0.05, 0) is 66.8 Å². The normalized spacial score (nSPS) is 23.3. The van der Waals surface area contributed by atoms with Gasteiger partial charge in [0.25, 0.3) is 5.91 Å². The van der Waals surface area contributed by atoms with E-state index in [1.165, 1.54) is 0 Å². The summed E-state index contributed by atoms with van der Waals surface area (Å²) >= 11 is 6.50. The first kappa shape index (κ1) is 23.7. The van der Waals surface area contributed by atoms with Crippen LogP contribution in [-0.2, 0) is 4.79 Å². The summed E-state index contributed by atoms with van der Waals surface area (Å²) in [5.74, 6) is -1.09. The van der Waals surface area contributed by atoms with Crippen LogP contribution in [0, 0.1) is 11.3 Å². The van der Waals surface area contributed by atoms with Gasteiger partial charge in [0.2, 0.25) is 0 Å². The van der Waals surface area contributed by atoms with Gasteiger partial charge in [-0.2, -0.15) is 5.10 Å². The summed E-state index contributed by atoms with van der Waals surface area (Å²) in [7, 11) is 0. The Bertz CT molecular complexity index is 1480. The Morgan fingerprint density at radius 3 is 2.35 bits per heavy atom. The first-order chi connectivity index (χ1) is 17.8. The lowest BCUT2D eigenvalue weighted by Crippen LogP contribution is -2.57. The number of aliphatic carboxylic acids is 1. The highest BCUT2D eigenvalue weighted by molar-refractivity contribution is 6.36. The van der Waals surface area contributed by atoms with Gasteiger partial charge < -0.3 is 10.4 Å². The minimum atomic E-state index is -0.709. The lowest BCUT2D eigenvalue weighted by molar-refractivity contribution is -0.155. The predicted molar refractivity (Wildman–Crippen MR) is 144 cm³/mol. The standard InChI is InChI=1S/C30H28ClN3O3/c1-18(19-7-9-21(10-8-19)20-5-3-2-4-6-20)34-27-24(11-12-26(31)25(27)17-32-34)28(35)33-23-15-30(16-23)13-22(14-30)29(36)37/h2-12,17-18,22-23H,13-16H2,1H3,(H,33,35)(H,36,37). The molecule has 0 aliphatic heterocycles. The van der Waals surface area contributed by atoms with Gasteiger partial charge >= 0.3 is 5.97 Å². The van der Waals surface area contributed by atoms with E-state index in [4.69, 9.17) is 11.6 Å². The summed E-state index contributed by atoms with van der Waals surface area (Å²) < 4.78 is 1.87. The quantitative estimate of drug-likeness (QED) is 0.315. The highest BCUT2D eigenvalue weighted by Crippen LogP contribution is 2.58. The molecule has 1 unspecified atom stereocenters. The number of hydrogen-bond acceptors (Lipinski definition) is 3. The number of benzene rings is 3. The van der Waals surface area contributed by atoms with E-state index in [0.717, 1.165) is 34.9 Å². The number of nitrogens with zero attached hydrogens (tertiary/aromatic N) is 2. The van der Waals surface area contributed by atoms with Crippen LogP contribution in [0.25, 0.3) is 22.0 Å². The van der Waals surface area contributed by atoms with E-state index in [1.54, 1.807) is 18.3 Å². The first-order valence-electron chi connectivity index (χ1n) is 12.7. The number of halogens is 1. The topological polar surface area (TPSA) is 84.2 Å². The Labute approximate surface area is 220 Å². The molecule has 3 aromatic carbocycles. The third-order valence-corrected chi connectivity index (χ3v) is 8.55. The maximum Gasteiger partial charge on any atom is 0.306 e. The third kappa shape index (κ3) is 4.19. The van der Waals surface area contributed by atoms with Crippen molar-refractivity contribution in [3.63, 3.8) is 0 Å². The number of nitrogens with one attached hydrogen (secondary N) is 1. The SMILES string of the molecule is CC(c1ccc(-c2ccccc2)cc1)n1ncc2c(Cl)ccc(C(=O)NC3CC4(C3)CC(C(=O)O)C4)c21. The molecule has 1 aromatic heterocycles. The third-order valence-electron chi connectivity index (χ3n) is 8.22. The molecule has 2 aliphatic rings. The van der Waals surface area contributed by atoms with Crippen LogP contribution in [0.3, 0.4) is 0 Å². The molecular weight excluding hydrogens is 486 g/mol. The fraction of sp³-hybridized carbons (Fsp3) is 0.300. The molecule has 1 spiro atoms. The van der Waals surface area contributed by atoms with Crippen molar-refractivity contribution in [1.82, 2.24) is 15.1 Å². The Morgan fingerprint density at radius 1 is 1.00 bits per heavy atom. The van der Waals surface area contributed by atoms with Gasteiger partial charge in [-0.15, -0.1) is 0 Å². The highest BCUT2D eigenvalue weighted by atomic mass is 35.5. The van der Waals surface area contributed by atoms with Crippen LogP contribution in [-0.4, -0.2) is 32.8 Å². The van der Waals surface area contributed by atoms with Crippen molar-refractivity contribution >= 4 is 34.4 Å². The fourth-order valence-corrected chi connectivity index (χ4v) is 6.38. The van der Waals surface area contributed by atoms with E-state index in [0.29, 0.717) is 28.9 Å². The number of carboxylic acid groups (broad SMARTS) is 1. The molecule has 2 N–H and O–H groups in total. The number of amides is 1. The van der Waals surface area contributed by atoms with Gasteiger partial charge in [-0.3, -0.25) is 14.3 Å². The molecule has 2 saturated carbocycles. The molecule has 6 nitrogen and oxygen atoms in total.